The van der Waals surface area contributed by atoms with Crippen LogP contribution in [0.15, 0.2) is 41.9 Å². The molecule has 1 aliphatic carbocycles. The lowest BCUT2D eigenvalue weighted by atomic mass is 9.65. The van der Waals surface area contributed by atoms with Crippen LogP contribution in [0.3, 0.4) is 0 Å². The van der Waals surface area contributed by atoms with E-state index in [-0.39, 0.29) is 5.41 Å². The molecule has 2 fully saturated rings. The van der Waals surface area contributed by atoms with Gasteiger partial charge in [-0.2, -0.15) is 0 Å². The predicted molar refractivity (Wildman–Crippen MR) is 78.5 cm³/mol. The maximum atomic E-state index is 5.96. The Hall–Kier alpha value is -1.45. The monoisotopic (exact) mass is 269 g/mol. The van der Waals surface area contributed by atoms with Gasteiger partial charge in [-0.1, -0.05) is 24.3 Å². The van der Waals surface area contributed by atoms with Crippen molar-refractivity contribution in [1.82, 2.24) is 0 Å². The van der Waals surface area contributed by atoms with Gasteiger partial charge < -0.3 is 9.47 Å². The third-order valence-electron chi connectivity index (χ3n) is 4.85. The maximum Gasteiger partial charge on any atom is 0.170 e. The number of rotatable bonds is 2. The molecule has 3 heteroatoms. The molecule has 2 heterocycles. The second kappa shape index (κ2) is 4.27. The van der Waals surface area contributed by atoms with Crippen molar-refractivity contribution < 1.29 is 9.47 Å². The van der Waals surface area contributed by atoms with Gasteiger partial charge >= 0.3 is 0 Å². The molecule has 3 aliphatic rings. The number of allylic oxidation sites excluding steroid dienone is 1. The molecule has 0 amide bonds. The summed E-state index contributed by atoms with van der Waals surface area (Å²) < 4.78 is 11.9. The van der Waals surface area contributed by atoms with Crippen LogP contribution < -0.4 is 0 Å². The summed E-state index contributed by atoms with van der Waals surface area (Å²) in [6.45, 7) is 5.37. The summed E-state index contributed by atoms with van der Waals surface area (Å²) in [6.07, 6.45) is 5.63. The summed E-state index contributed by atoms with van der Waals surface area (Å²) >= 11 is 0. The first-order valence-electron chi connectivity index (χ1n) is 7.34. The van der Waals surface area contributed by atoms with Crippen LogP contribution in [0.2, 0.25) is 0 Å². The highest BCUT2D eigenvalue weighted by atomic mass is 16.7. The summed E-state index contributed by atoms with van der Waals surface area (Å²) in [7, 11) is 0. The molecular formula is C17H19NO2. The zero-order valence-corrected chi connectivity index (χ0v) is 11.6. The van der Waals surface area contributed by atoms with Crippen LogP contribution in [0.5, 0.6) is 0 Å². The first-order chi connectivity index (χ1) is 9.78. The number of hydrogen-bond donors (Lipinski definition) is 0. The van der Waals surface area contributed by atoms with Crippen LogP contribution in [-0.2, 0) is 14.9 Å². The highest BCUT2D eigenvalue weighted by Gasteiger charge is 2.54. The first-order valence-corrected chi connectivity index (χ1v) is 7.34. The normalized spacial score (nSPS) is 29.9. The Morgan fingerprint density at radius 2 is 2.05 bits per heavy atom. The smallest absolute Gasteiger partial charge is 0.170 e. The van der Waals surface area contributed by atoms with E-state index in [0.717, 1.165) is 31.4 Å². The highest BCUT2D eigenvalue weighted by Crippen LogP contribution is 2.53. The Morgan fingerprint density at radius 3 is 2.85 bits per heavy atom. The SMILES string of the molecule is C=CCC12CC3(CCC1=Nc1ccccc12)OCCO3. The van der Waals surface area contributed by atoms with Crippen molar-refractivity contribution in [3.05, 3.63) is 42.5 Å². The van der Waals surface area contributed by atoms with Gasteiger partial charge in [0.1, 0.15) is 0 Å². The fraction of sp³-hybridized carbons (Fsp3) is 0.471. The second-order valence-corrected chi connectivity index (χ2v) is 5.93. The number of nitrogens with zero attached hydrogens (tertiary/aromatic N) is 1. The van der Waals surface area contributed by atoms with Gasteiger partial charge in [0.05, 0.1) is 18.9 Å². The molecule has 1 aromatic rings. The van der Waals surface area contributed by atoms with E-state index in [2.05, 4.69) is 30.8 Å². The topological polar surface area (TPSA) is 30.8 Å². The minimum atomic E-state index is -0.403. The summed E-state index contributed by atoms with van der Waals surface area (Å²) in [5.41, 5.74) is 3.64. The first kappa shape index (κ1) is 12.3. The van der Waals surface area contributed by atoms with E-state index < -0.39 is 5.79 Å². The molecule has 1 saturated heterocycles. The van der Waals surface area contributed by atoms with Crippen LogP contribution in [0.1, 0.15) is 31.2 Å². The van der Waals surface area contributed by atoms with Gasteiger partial charge in [-0.15, -0.1) is 6.58 Å². The third kappa shape index (κ3) is 1.57. The van der Waals surface area contributed by atoms with Crippen molar-refractivity contribution in [1.29, 1.82) is 0 Å². The van der Waals surface area contributed by atoms with E-state index in [1.54, 1.807) is 0 Å². The van der Waals surface area contributed by atoms with Crippen molar-refractivity contribution in [3.63, 3.8) is 0 Å². The average molecular weight is 269 g/mol. The number of fused-ring (bicyclic) bond motifs is 3. The molecule has 0 N–H and O–H groups in total. The van der Waals surface area contributed by atoms with Crippen LogP contribution in [0, 0.1) is 0 Å². The molecule has 0 aromatic heterocycles. The number of benzene rings is 1. The largest absolute Gasteiger partial charge is 0.347 e. The van der Waals surface area contributed by atoms with Crippen LogP contribution in [-0.4, -0.2) is 24.7 Å². The Morgan fingerprint density at radius 1 is 1.25 bits per heavy atom. The number of hydrogen-bond acceptors (Lipinski definition) is 3. The van der Waals surface area contributed by atoms with Gasteiger partial charge in [0.15, 0.2) is 5.79 Å². The van der Waals surface area contributed by atoms with Crippen LogP contribution in [0.25, 0.3) is 0 Å². The summed E-state index contributed by atoms with van der Waals surface area (Å²) in [4.78, 5) is 4.88. The summed E-state index contributed by atoms with van der Waals surface area (Å²) in [5.74, 6) is -0.403. The lowest BCUT2D eigenvalue weighted by Crippen LogP contribution is -2.48. The fourth-order valence-corrected chi connectivity index (χ4v) is 4.02. The predicted octanol–water partition coefficient (Wildman–Crippen LogP) is 3.51. The Bertz CT molecular complexity index is 586. The van der Waals surface area contributed by atoms with E-state index in [9.17, 15) is 0 Å². The van der Waals surface area contributed by atoms with Gasteiger partial charge in [0, 0.05) is 24.0 Å². The van der Waals surface area contributed by atoms with E-state index in [4.69, 9.17) is 14.5 Å². The number of aliphatic imine (C=N–C) groups is 1. The second-order valence-electron chi connectivity index (χ2n) is 5.93. The highest BCUT2D eigenvalue weighted by molar-refractivity contribution is 6.02. The van der Waals surface area contributed by atoms with E-state index >= 15 is 0 Å². The lowest BCUT2D eigenvalue weighted by molar-refractivity contribution is -0.177. The molecule has 4 rings (SSSR count). The Kier molecular flexibility index (Phi) is 2.63. The third-order valence-corrected chi connectivity index (χ3v) is 4.85. The Balaban J connectivity index is 1.83. The van der Waals surface area contributed by atoms with Crippen molar-refractivity contribution in [2.75, 3.05) is 13.2 Å². The maximum absolute atomic E-state index is 5.96. The van der Waals surface area contributed by atoms with Crippen molar-refractivity contribution in [2.45, 2.75) is 36.9 Å². The van der Waals surface area contributed by atoms with Gasteiger partial charge in [-0.25, -0.2) is 0 Å². The quantitative estimate of drug-likeness (QED) is 0.769. The molecule has 1 aromatic carbocycles. The molecule has 20 heavy (non-hydrogen) atoms. The van der Waals surface area contributed by atoms with E-state index in [1.807, 2.05) is 6.08 Å². The molecule has 1 saturated carbocycles. The summed E-state index contributed by atoms with van der Waals surface area (Å²) in [5, 5.41) is 0. The Labute approximate surface area is 119 Å². The molecule has 2 aliphatic heterocycles. The van der Waals surface area contributed by atoms with Crippen LogP contribution in [0.4, 0.5) is 5.69 Å². The van der Waals surface area contributed by atoms with Gasteiger partial charge in [0.25, 0.3) is 0 Å². The molecule has 0 radical (unpaired) electrons. The average Bonchev–Trinajstić information content (AvgIpc) is 3.03. The minimum Gasteiger partial charge on any atom is -0.347 e. The van der Waals surface area contributed by atoms with Crippen LogP contribution >= 0.6 is 0 Å². The molecule has 1 atom stereocenters. The number of ether oxygens (including phenoxy) is 2. The van der Waals surface area contributed by atoms with Gasteiger partial charge in [-0.3, -0.25) is 4.99 Å². The number of para-hydroxylation sites is 1. The molecule has 3 nitrogen and oxygen atoms in total. The van der Waals surface area contributed by atoms with Crippen molar-refractivity contribution >= 4 is 11.4 Å². The van der Waals surface area contributed by atoms with E-state index in [1.165, 1.54) is 11.3 Å². The lowest BCUT2D eigenvalue weighted by Gasteiger charge is -2.43. The molecule has 0 bridgehead atoms. The molecule has 1 spiro atoms. The molecule has 1 unspecified atom stereocenters. The molecular weight excluding hydrogens is 250 g/mol. The molecule has 104 valence electrons. The zero-order chi connectivity index (χ0) is 13.6. The van der Waals surface area contributed by atoms with Crippen molar-refractivity contribution in [3.8, 4) is 0 Å². The standard InChI is InChI=1S/C17H19NO2/c1-2-8-16-12-17(19-10-11-20-17)9-7-15(16)18-14-6-4-3-5-13(14)16/h2-6H,1,7-12H2. The van der Waals surface area contributed by atoms with Gasteiger partial charge in [0.2, 0.25) is 0 Å². The zero-order valence-electron chi connectivity index (χ0n) is 11.6. The van der Waals surface area contributed by atoms with E-state index in [0.29, 0.717) is 13.2 Å². The fourth-order valence-electron chi connectivity index (χ4n) is 4.02. The summed E-state index contributed by atoms with van der Waals surface area (Å²) in [6, 6.07) is 8.46. The minimum absolute atomic E-state index is 0.0685. The van der Waals surface area contributed by atoms with Gasteiger partial charge in [-0.05, 0) is 24.5 Å². The van der Waals surface area contributed by atoms with Crippen molar-refractivity contribution in [2.24, 2.45) is 4.99 Å².